The maximum Gasteiger partial charge on any atom is 0.340 e. The van der Waals surface area contributed by atoms with E-state index in [0.29, 0.717) is 18.9 Å². The van der Waals surface area contributed by atoms with Gasteiger partial charge in [0.2, 0.25) is 0 Å². The van der Waals surface area contributed by atoms with Gasteiger partial charge >= 0.3 is 5.97 Å². The van der Waals surface area contributed by atoms with Gasteiger partial charge in [-0.05, 0) is 79.8 Å². The molecule has 1 fully saturated rings. The van der Waals surface area contributed by atoms with Crippen molar-refractivity contribution in [2.75, 3.05) is 13.2 Å². The third kappa shape index (κ3) is 9.48. The molecule has 4 nitrogen and oxygen atoms in total. The Morgan fingerprint density at radius 1 is 0.806 bits per heavy atom. The van der Waals surface area contributed by atoms with Crippen molar-refractivity contribution in [2.45, 2.75) is 96.8 Å². The van der Waals surface area contributed by atoms with Crippen molar-refractivity contribution >= 4 is 5.97 Å². The van der Waals surface area contributed by atoms with Crippen LogP contribution in [0.4, 0.5) is 4.39 Å². The average molecular weight is 499 g/mol. The summed E-state index contributed by atoms with van der Waals surface area (Å²) in [4.78, 5) is 11.9. The molecule has 1 aliphatic carbocycles. The first kappa shape index (κ1) is 28.0. The highest BCUT2D eigenvalue weighted by molar-refractivity contribution is 5.74. The molecule has 2 aromatic rings. The lowest BCUT2D eigenvalue weighted by Crippen LogP contribution is -2.30. The van der Waals surface area contributed by atoms with Gasteiger partial charge in [-0.2, -0.15) is 0 Å². The fraction of sp³-hybridized carbons (Fsp3) is 0.581. The molecule has 0 heterocycles. The lowest BCUT2D eigenvalue weighted by molar-refractivity contribution is -0.157. The quantitative estimate of drug-likeness (QED) is 0.183. The van der Waals surface area contributed by atoms with E-state index in [9.17, 15) is 9.18 Å². The van der Waals surface area contributed by atoms with Crippen LogP contribution in [0.5, 0.6) is 11.5 Å². The van der Waals surface area contributed by atoms with Gasteiger partial charge in [-0.1, -0.05) is 70.2 Å². The molecule has 0 unspecified atom stereocenters. The molecule has 1 atom stereocenters. The Morgan fingerprint density at radius 3 is 1.97 bits per heavy atom. The smallest absolute Gasteiger partial charge is 0.340 e. The van der Waals surface area contributed by atoms with Gasteiger partial charge in [0.15, 0.2) is 6.17 Å². The molecular weight excluding hydrogens is 455 g/mol. The second-order valence-electron chi connectivity index (χ2n) is 9.96. The minimum absolute atomic E-state index is 0.161. The summed E-state index contributed by atoms with van der Waals surface area (Å²) in [7, 11) is 0. The van der Waals surface area contributed by atoms with Crippen LogP contribution in [0.3, 0.4) is 0 Å². The first-order valence-corrected chi connectivity index (χ1v) is 13.9. The van der Waals surface area contributed by atoms with Crippen molar-refractivity contribution in [3.05, 3.63) is 48.5 Å². The van der Waals surface area contributed by atoms with Gasteiger partial charge in [-0.25, -0.2) is 9.18 Å². The highest BCUT2D eigenvalue weighted by atomic mass is 19.1. The summed E-state index contributed by atoms with van der Waals surface area (Å²) in [5.74, 6) is 1.51. The van der Waals surface area contributed by atoms with Crippen molar-refractivity contribution in [1.82, 2.24) is 0 Å². The molecule has 0 amide bonds. The number of hydrogen-bond donors (Lipinski definition) is 0. The zero-order valence-electron chi connectivity index (χ0n) is 22.1. The number of rotatable bonds is 15. The highest BCUT2D eigenvalue weighted by Gasteiger charge is 2.27. The third-order valence-corrected chi connectivity index (χ3v) is 6.94. The van der Waals surface area contributed by atoms with E-state index in [1.54, 1.807) is 0 Å². The molecule has 5 heteroatoms. The number of hydrogen-bond acceptors (Lipinski definition) is 4. The van der Waals surface area contributed by atoms with E-state index in [0.717, 1.165) is 67.8 Å². The lowest BCUT2D eigenvalue weighted by atomic mass is 9.88. The second-order valence-corrected chi connectivity index (χ2v) is 9.96. The fourth-order valence-corrected chi connectivity index (χ4v) is 4.58. The zero-order valence-corrected chi connectivity index (χ0v) is 22.1. The van der Waals surface area contributed by atoms with Crippen LogP contribution in [0.25, 0.3) is 11.1 Å². The van der Waals surface area contributed by atoms with Gasteiger partial charge in [0.05, 0.1) is 13.2 Å². The number of carbonyl (C=O) groups excluding carboxylic acids is 1. The predicted octanol–water partition coefficient (Wildman–Crippen LogP) is 8.32. The summed E-state index contributed by atoms with van der Waals surface area (Å²) in [6.07, 6.45) is 8.43. The van der Waals surface area contributed by atoms with Gasteiger partial charge < -0.3 is 14.2 Å². The first-order chi connectivity index (χ1) is 17.6. The minimum Gasteiger partial charge on any atom is -0.494 e. The monoisotopic (exact) mass is 498 g/mol. The Kier molecular flexibility index (Phi) is 12.1. The van der Waals surface area contributed by atoms with Gasteiger partial charge in [-0.3, -0.25) is 0 Å². The van der Waals surface area contributed by atoms with Crippen LogP contribution in [0.15, 0.2) is 48.5 Å². The Balaban J connectivity index is 1.36. The van der Waals surface area contributed by atoms with Crippen LogP contribution in [0.1, 0.15) is 84.5 Å². The standard InChI is InChI=1S/C31H43FO4/c1-3-5-7-8-22-34-27-18-12-25(13-19-27)26-14-20-28(21-15-26)35-23-24-10-16-29(17-11-24)36-31(33)30(32)9-6-4-2/h12-15,18-21,24,29-30H,3-11,16-17,22-23H2,1-2H3/t24?,29?,30-/m0/s1. The van der Waals surface area contributed by atoms with E-state index in [-0.39, 0.29) is 12.5 Å². The summed E-state index contributed by atoms with van der Waals surface area (Å²) in [6, 6.07) is 16.4. The number of halogens is 1. The van der Waals surface area contributed by atoms with Gasteiger partial charge in [0, 0.05) is 0 Å². The number of benzene rings is 2. The highest BCUT2D eigenvalue weighted by Crippen LogP contribution is 2.29. The van der Waals surface area contributed by atoms with Crippen LogP contribution in [0.2, 0.25) is 0 Å². The molecular formula is C31H43FO4. The van der Waals surface area contributed by atoms with E-state index < -0.39 is 12.1 Å². The summed E-state index contributed by atoms with van der Waals surface area (Å²) in [6.45, 7) is 5.62. The molecule has 0 aromatic heterocycles. The summed E-state index contributed by atoms with van der Waals surface area (Å²) in [5.41, 5.74) is 2.29. The summed E-state index contributed by atoms with van der Waals surface area (Å²) < 4.78 is 31.1. The molecule has 36 heavy (non-hydrogen) atoms. The van der Waals surface area contributed by atoms with E-state index in [4.69, 9.17) is 14.2 Å². The first-order valence-electron chi connectivity index (χ1n) is 13.9. The lowest BCUT2D eigenvalue weighted by Gasteiger charge is -2.28. The van der Waals surface area contributed by atoms with Gasteiger partial charge in [0.1, 0.15) is 17.6 Å². The molecule has 0 radical (unpaired) electrons. The van der Waals surface area contributed by atoms with E-state index in [1.807, 2.05) is 31.2 Å². The van der Waals surface area contributed by atoms with Crippen LogP contribution >= 0.6 is 0 Å². The number of alkyl halides is 1. The minimum atomic E-state index is -1.49. The number of ether oxygens (including phenoxy) is 3. The third-order valence-electron chi connectivity index (χ3n) is 6.94. The molecule has 1 saturated carbocycles. The molecule has 0 bridgehead atoms. The SMILES string of the molecule is CCCCCCOc1ccc(-c2ccc(OCC3CCC(OC(=O)[C@@H](F)CCCC)CC3)cc2)cc1. The van der Waals surface area contributed by atoms with Crippen LogP contribution in [0, 0.1) is 5.92 Å². The average Bonchev–Trinajstić information content (AvgIpc) is 2.92. The van der Waals surface area contributed by atoms with Crippen LogP contribution < -0.4 is 9.47 Å². The molecule has 3 rings (SSSR count). The molecule has 1 aliphatic rings. The van der Waals surface area contributed by atoms with E-state index >= 15 is 0 Å². The number of esters is 1. The van der Waals surface area contributed by atoms with Crippen molar-refractivity contribution in [3.8, 4) is 22.6 Å². The van der Waals surface area contributed by atoms with Crippen molar-refractivity contribution < 1.29 is 23.4 Å². The Hall–Kier alpha value is -2.56. The molecule has 0 N–H and O–H groups in total. The maximum atomic E-state index is 13.9. The van der Waals surface area contributed by atoms with Crippen molar-refractivity contribution in [3.63, 3.8) is 0 Å². The zero-order chi connectivity index (χ0) is 25.6. The molecule has 198 valence electrons. The topological polar surface area (TPSA) is 44.8 Å². The Bertz CT molecular complexity index is 872. The molecule has 2 aromatic carbocycles. The van der Waals surface area contributed by atoms with Gasteiger partial charge in [-0.15, -0.1) is 0 Å². The second kappa shape index (κ2) is 15.5. The van der Waals surface area contributed by atoms with Crippen molar-refractivity contribution in [1.29, 1.82) is 0 Å². The maximum absolute atomic E-state index is 13.9. The predicted molar refractivity (Wildman–Crippen MR) is 143 cm³/mol. The van der Waals surface area contributed by atoms with Crippen molar-refractivity contribution in [2.24, 2.45) is 5.92 Å². The largest absolute Gasteiger partial charge is 0.494 e. The van der Waals surface area contributed by atoms with Gasteiger partial charge in [0.25, 0.3) is 0 Å². The molecule has 0 aliphatic heterocycles. The summed E-state index contributed by atoms with van der Waals surface area (Å²) >= 11 is 0. The van der Waals surface area contributed by atoms with Crippen LogP contribution in [-0.2, 0) is 9.53 Å². The Morgan fingerprint density at radius 2 is 1.39 bits per heavy atom. The molecule has 0 spiro atoms. The van der Waals surface area contributed by atoms with E-state index in [1.165, 1.54) is 19.3 Å². The number of unbranched alkanes of at least 4 members (excludes halogenated alkanes) is 4. The fourth-order valence-electron chi connectivity index (χ4n) is 4.58. The molecule has 0 saturated heterocycles. The Labute approximate surface area is 216 Å². The number of carbonyl (C=O) groups is 1. The summed E-state index contributed by atoms with van der Waals surface area (Å²) in [5, 5.41) is 0. The normalized spacial score (nSPS) is 18.4. The van der Waals surface area contributed by atoms with Crippen LogP contribution in [-0.4, -0.2) is 31.5 Å². The van der Waals surface area contributed by atoms with E-state index in [2.05, 4.69) is 31.2 Å².